The van der Waals surface area contributed by atoms with Gasteiger partial charge in [-0.05, 0) is 57.2 Å². The Kier molecular flexibility index (Phi) is 5.43. The predicted molar refractivity (Wildman–Crippen MR) is 88.2 cm³/mol. The van der Waals surface area contributed by atoms with E-state index >= 15 is 0 Å². The van der Waals surface area contributed by atoms with Crippen LogP contribution in [0.2, 0.25) is 0 Å². The van der Waals surface area contributed by atoms with Crippen LogP contribution in [0, 0.1) is 25.2 Å². The van der Waals surface area contributed by atoms with Crippen LogP contribution in [0.1, 0.15) is 49.6 Å². The number of piperidine rings is 1. The molecule has 0 atom stereocenters. The van der Waals surface area contributed by atoms with Crippen molar-refractivity contribution in [1.82, 2.24) is 9.47 Å². The minimum Gasteiger partial charge on any atom is -0.349 e. The highest BCUT2D eigenvalue weighted by molar-refractivity contribution is 6.01. The van der Waals surface area contributed by atoms with Gasteiger partial charge in [-0.2, -0.15) is 5.26 Å². The zero-order valence-corrected chi connectivity index (χ0v) is 13.9. The number of rotatable bonds is 4. The van der Waals surface area contributed by atoms with Crippen LogP contribution in [-0.2, 0) is 11.3 Å². The first kappa shape index (κ1) is 16.4. The third-order valence-electron chi connectivity index (χ3n) is 4.35. The maximum absolute atomic E-state index is 12.5. The molecule has 2 heterocycles. The molecule has 22 heavy (non-hydrogen) atoms. The Labute approximate surface area is 133 Å². The molecule has 0 spiro atoms. The summed E-state index contributed by atoms with van der Waals surface area (Å²) in [5, 5.41) is 9.39. The molecule has 1 amide bonds. The standard InChI is InChI=1S/C18H25N3O/c1-4-8-21-14(2)11-16(15(21)3)12-17(13-19)18(22)20-9-6-5-7-10-20/h11-12H,4-10H2,1-3H3/b17-12-. The van der Waals surface area contributed by atoms with Crippen LogP contribution in [0.3, 0.4) is 0 Å². The average molecular weight is 299 g/mol. The minimum absolute atomic E-state index is 0.123. The fraction of sp³-hybridized carbons (Fsp3) is 0.556. The topological polar surface area (TPSA) is 49.0 Å². The molecule has 1 aliphatic heterocycles. The quantitative estimate of drug-likeness (QED) is 0.631. The molecule has 1 fully saturated rings. The minimum atomic E-state index is -0.123. The zero-order chi connectivity index (χ0) is 16.1. The predicted octanol–water partition coefficient (Wildman–Crippen LogP) is 3.43. The van der Waals surface area contributed by atoms with Crippen molar-refractivity contribution < 1.29 is 4.79 Å². The number of carbonyl (C=O) groups is 1. The van der Waals surface area contributed by atoms with E-state index < -0.39 is 0 Å². The van der Waals surface area contributed by atoms with Crippen molar-refractivity contribution in [2.75, 3.05) is 13.1 Å². The molecule has 0 saturated carbocycles. The van der Waals surface area contributed by atoms with Gasteiger partial charge in [0, 0.05) is 31.0 Å². The smallest absolute Gasteiger partial charge is 0.264 e. The second-order valence-corrected chi connectivity index (χ2v) is 6.00. The maximum atomic E-state index is 12.5. The number of amides is 1. The van der Waals surface area contributed by atoms with E-state index in [1.54, 1.807) is 6.08 Å². The van der Waals surface area contributed by atoms with Gasteiger partial charge in [-0.25, -0.2) is 0 Å². The first-order valence-electron chi connectivity index (χ1n) is 8.16. The number of likely N-dealkylation sites (tertiary alicyclic amines) is 1. The molecule has 4 heteroatoms. The van der Waals surface area contributed by atoms with Crippen LogP contribution < -0.4 is 0 Å². The third-order valence-corrected chi connectivity index (χ3v) is 4.35. The molecule has 0 aromatic carbocycles. The molecule has 0 radical (unpaired) electrons. The lowest BCUT2D eigenvalue weighted by Gasteiger charge is -2.26. The summed E-state index contributed by atoms with van der Waals surface area (Å²) in [7, 11) is 0. The van der Waals surface area contributed by atoms with Gasteiger partial charge in [-0.3, -0.25) is 4.79 Å². The second kappa shape index (κ2) is 7.31. The lowest BCUT2D eigenvalue weighted by molar-refractivity contribution is -0.127. The van der Waals surface area contributed by atoms with Crippen molar-refractivity contribution >= 4 is 12.0 Å². The van der Waals surface area contributed by atoms with Crippen molar-refractivity contribution in [2.45, 2.75) is 53.0 Å². The van der Waals surface area contributed by atoms with Gasteiger partial charge in [0.1, 0.15) is 11.6 Å². The number of nitrogens with zero attached hydrogens (tertiary/aromatic N) is 3. The first-order chi connectivity index (χ1) is 10.6. The molecule has 0 bridgehead atoms. The molecule has 1 aromatic heterocycles. The number of aryl methyl sites for hydroxylation is 1. The van der Waals surface area contributed by atoms with Crippen LogP contribution in [0.4, 0.5) is 0 Å². The average Bonchev–Trinajstić information content (AvgIpc) is 2.80. The molecule has 0 N–H and O–H groups in total. The summed E-state index contributed by atoms with van der Waals surface area (Å²) in [5.41, 5.74) is 3.53. The Bertz CT molecular complexity index is 613. The monoisotopic (exact) mass is 299 g/mol. The Morgan fingerprint density at radius 3 is 2.59 bits per heavy atom. The van der Waals surface area contributed by atoms with Crippen LogP contribution >= 0.6 is 0 Å². The van der Waals surface area contributed by atoms with Crippen LogP contribution in [0.15, 0.2) is 11.6 Å². The number of hydrogen-bond donors (Lipinski definition) is 0. The number of aromatic nitrogens is 1. The summed E-state index contributed by atoms with van der Waals surface area (Å²) in [6.45, 7) is 8.77. The fourth-order valence-corrected chi connectivity index (χ4v) is 3.11. The van der Waals surface area contributed by atoms with Crippen molar-refractivity contribution in [1.29, 1.82) is 5.26 Å². The van der Waals surface area contributed by atoms with Gasteiger partial charge in [0.2, 0.25) is 0 Å². The third kappa shape index (κ3) is 3.41. The Morgan fingerprint density at radius 1 is 1.32 bits per heavy atom. The van der Waals surface area contributed by atoms with Gasteiger partial charge in [0.25, 0.3) is 5.91 Å². The summed E-state index contributed by atoms with van der Waals surface area (Å²) in [5.74, 6) is -0.123. The zero-order valence-electron chi connectivity index (χ0n) is 13.9. The van der Waals surface area contributed by atoms with Crippen molar-refractivity contribution in [3.63, 3.8) is 0 Å². The molecule has 1 aliphatic rings. The van der Waals surface area contributed by atoms with E-state index in [0.717, 1.165) is 50.2 Å². The Hall–Kier alpha value is -2.02. The van der Waals surface area contributed by atoms with E-state index in [1.807, 2.05) is 4.90 Å². The summed E-state index contributed by atoms with van der Waals surface area (Å²) in [6, 6.07) is 4.16. The van der Waals surface area contributed by atoms with E-state index in [1.165, 1.54) is 12.1 Å². The normalized spacial score (nSPS) is 15.7. The van der Waals surface area contributed by atoms with E-state index in [-0.39, 0.29) is 11.5 Å². The van der Waals surface area contributed by atoms with Crippen LogP contribution in [-0.4, -0.2) is 28.5 Å². The van der Waals surface area contributed by atoms with E-state index in [2.05, 4.69) is 37.5 Å². The van der Waals surface area contributed by atoms with Gasteiger partial charge in [-0.1, -0.05) is 6.92 Å². The van der Waals surface area contributed by atoms with Gasteiger partial charge < -0.3 is 9.47 Å². The highest BCUT2D eigenvalue weighted by atomic mass is 16.2. The van der Waals surface area contributed by atoms with Gasteiger partial charge in [0.15, 0.2) is 0 Å². The maximum Gasteiger partial charge on any atom is 0.264 e. The Balaban J connectivity index is 2.27. The fourth-order valence-electron chi connectivity index (χ4n) is 3.11. The van der Waals surface area contributed by atoms with Crippen molar-refractivity contribution in [2.24, 2.45) is 0 Å². The summed E-state index contributed by atoms with van der Waals surface area (Å²) < 4.78 is 2.24. The Morgan fingerprint density at radius 2 is 2.00 bits per heavy atom. The van der Waals surface area contributed by atoms with E-state index in [0.29, 0.717) is 0 Å². The van der Waals surface area contributed by atoms with Gasteiger partial charge >= 0.3 is 0 Å². The van der Waals surface area contributed by atoms with Crippen LogP contribution in [0.25, 0.3) is 6.08 Å². The largest absolute Gasteiger partial charge is 0.349 e. The molecule has 0 unspecified atom stereocenters. The number of carbonyl (C=O) groups excluding carboxylic acids is 1. The van der Waals surface area contributed by atoms with Crippen molar-refractivity contribution in [3.8, 4) is 6.07 Å². The molecule has 0 aliphatic carbocycles. The number of nitriles is 1. The molecule has 118 valence electrons. The highest BCUT2D eigenvalue weighted by Gasteiger charge is 2.20. The second-order valence-electron chi connectivity index (χ2n) is 6.00. The first-order valence-corrected chi connectivity index (χ1v) is 8.16. The van der Waals surface area contributed by atoms with E-state index in [9.17, 15) is 10.1 Å². The number of hydrogen-bond acceptors (Lipinski definition) is 2. The molecular formula is C18H25N3O. The van der Waals surface area contributed by atoms with Gasteiger partial charge in [-0.15, -0.1) is 0 Å². The SMILES string of the molecule is CCCn1c(C)cc(/C=C(/C#N)C(=O)N2CCCCC2)c1C. The molecule has 4 nitrogen and oxygen atoms in total. The van der Waals surface area contributed by atoms with Gasteiger partial charge in [0.05, 0.1) is 0 Å². The highest BCUT2D eigenvalue weighted by Crippen LogP contribution is 2.20. The molecule has 2 rings (SSSR count). The molecular weight excluding hydrogens is 274 g/mol. The summed E-state index contributed by atoms with van der Waals surface area (Å²) in [4.78, 5) is 14.3. The van der Waals surface area contributed by atoms with Crippen molar-refractivity contribution in [3.05, 3.63) is 28.6 Å². The van der Waals surface area contributed by atoms with Crippen LogP contribution in [0.5, 0.6) is 0 Å². The molecule has 1 aromatic rings. The lowest BCUT2D eigenvalue weighted by atomic mass is 10.1. The molecule has 1 saturated heterocycles. The summed E-state index contributed by atoms with van der Waals surface area (Å²) in [6.07, 6.45) is 6.07. The van der Waals surface area contributed by atoms with E-state index in [4.69, 9.17) is 0 Å². The summed E-state index contributed by atoms with van der Waals surface area (Å²) >= 11 is 0. The lowest BCUT2D eigenvalue weighted by Crippen LogP contribution is -2.36.